The molecule has 0 aliphatic heterocycles. The van der Waals surface area contributed by atoms with E-state index in [1.807, 2.05) is 0 Å². The maximum absolute atomic E-state index is 13.9. The highest BCUT2D eigenvalue weighted by atomic mass is 79.9. The van der Waals surface area contributed by atoms with Crippen molar-refractivity contribution in [2.45, 2.75) is 6.92 Å². The number of benzene rings is 2. The van der Waals surface area contributed by atoms with E-state index < -0.39 is 5.82 Å². The summed E-state index contributed by atoms with van der Waals surface area (Å²) in [5, 5.41) is 0. The molecule has 0 saturated carbocycles. The molecule has 0 fully saturated rings. The van der Waals surface area contributed by atoms with E-state index in [1.54, 1.807) is 19.2 Å². The Hall–Kier alpha value is -1.40. The molecule has 0 heterocycles. The van der Waals surface area contributed by atoms with Crippen LogP contribution >= 0.6 is 31.9 Å². The predicted octanol–water partition coefficient (Wildman–Crippen LogP) is 5.35. The summed E-state index contributed by atoms with van der Waals surface area (Å²) in [5.41, 5.74) is 0.301. The van der Waals surface area contributed by atoms with E-state index in [0.29, 0.717) is 26.0 Å². The van der Waals surface area contributed by atoms with Crippen LogP contribution in [0.1, 0.15) is 17.3 Å². The first-order valence-electron chi connectivity index (χ1n) is 5.93. The molecule has 110 valence electrons. The van der Waals surface area contributed by atoms with E-state index in [0.717, 1.165) is 6.07 Å². The fourth-order valence-electron chi connectivity index (χ4n) is 1.67. The average molecular weight is 418 g/mol. The summed E-state index contributed by atoms with van der Waals surface area (Å²) >= 11 is 6.68. The third-order valence-electron chi connectivity index (χ3n) is 2.76. The van der Waals surface area contributed by atoms with Crippen LogP contribution in [-0.2, 0) is 0 Å². The minimum absolute atomic E-state index is 0.0396. The van der Waals surface area contributed by atoms with Crippen LogP contribution in [0.25, 0.3) is 0 Å². The number of halogens is 3. The largest absolute Gasteiger partial charge is 0.496 e. The van der Waals surface area contributed by atoms with Crippen molar-refractivity contribution in [1.82, 2.24) is 0 Å². The number of Topliss-reactive ketones (excluding diaryl/α,β-unsaturated/α-hetero) is 1. The number of hydrogen-bond acceptors (Lipinski definition) is 3. The fraction of sp³-hybridized carbons (Fsp3) is 0.133. The molecular weight excluding hydrogens is 407 g/mol. The molecule has 0 aliphatic rings. The Labute approximate surface area is 138 Å². The third-order valence-corrected chi connectivity index (χ3v) is 4.00. The molecule has 0 amide bonds. The van der Waals surface area contributed by atoms with Crippen LogP contribution in [0, 0.1) is 5.82 Å². The number of carbonyl (C=O) groups excluding carboxylic acids is 1. The monoisotopic (exact) mass is 416 g/mol. The Morgan fingerprint density at radius 3 is 2.24 bits per heavy atom. The van der Waals surface area contributed by atoms with E-state index in [-0.39, 0.29) is 11.5 Å². The molecule has 2 rings (SSSR count). The first-order chi connectivity index (χ1) is 9.92. The lowest BCUT2D eigenvalue weighted by atomic mass is 10.1. The van der Waals surface area contributed by atoms with Gasteiger partial charge in [0.2, 0.25) is 0 Å². The molecular formula is C15H11Br2FO3. The van der Waals surface area contributed by atoms with Gasteiger partial charge in [0.1, 0.15) is 11.5 Å². The second-order valence-electron chi connectivity index (χ2n) is 4.22. The van der Waals surface area contributed by atoms with Crippen LogP contribution in [0.3, 0.4) is 0 Å². The van der Waals surface area contributed by atoms with Gasteiger partial charge in [-0.25, -0.2) is 4.39 Å². The molecule has 0 radical (unpaired) electrons. The zero-order valence-electron chi connectivity index (χ0n) is 11.2. The molecule has 21 heavy (non-hydrogen) atoms. The second-order valence-corrected chi connectivity index (χ2v) is 5.93. The van der Waals surface area contributed by atoms with E-state index in [2.05, 4.69) is 31.9 Å². The van der Waals surface area contributed by atoms with Crippen molar-refractivity contribution in [3.8, 4) is 17.2 Å². The quantitative estimate of drug-likeness (QED) is 0.628. The molecule has 0 bridgehead atoms. The van der Waals surface area contributed by atoms with Gasteiger partial charge in [-0.05, 0) is 69.1 Å². The summed E-state index contributed by atoms with van der Waals surface area (Å²) in [6.45, 7) is 1.38. The molecule has 0 unspecified atom stereocenters. The molecule has 0 saturated heterocycles. The normalized spacial score (nSPS) is 10.3. The minimum Gasteiger partial charge on any atom is -0.496 e. The van der Waals surface area contributed by atoms with Crippen molar-refractivity contribution in [2.24, 2.45) is 0 Å². The Balaban J connectivity index is 2.34. The van der Waals surface area contributed by atoms with Crippen LogP contribution in [-0.4, -0.2) is 12.9 Å². The van der Waals surface area contributed by atoms with Crippen molar-refractivity contribution < 1.29 is 18.7 Å². The molecule has 2 aromatic rings. The van der Waals surface area contributed by atoms with Gasteiger partial charge in [-0.15, -0.1) is 0 Å². The number of ether oxygens (including phenoxy) is 2. The molecule has 0 aromatic heterocycles. The van der Waals surface area contributed by atoms with Gasteiger partial charge in [0.25, 0.3) is 0 Å². The van der Waals surface area contributed by atoms with Crippen LogP contribution < -0.4 is 9.47 Å². The first kappa shape index (κ1) is 16.0. The number of hydrogen-bond donors (Lipinski definition) is 0. The van der Waals surface area contributed by atoms with Crippen molar-refractivity contribution in [3.63, 3.8) is 0 Å². The Kier molecular flexibility index (Phi) is 5.00. The molecule has 3 nitrogen and oxygen atoms in total. The van der Waals surface area contributed by atoms with Gasteiger partial charge >= 0.3 is 0 Å². The summed E-state index contributed by atoms with van der Waals surface area (Å²) in [7, 11) is 1.55. The smallest absolute Gasteiger partial charge is 0.166 e. The Morgan fingerprint density at radius 2 is 1.67 bits per heavy atom. The lowest BCUT2D eigenvalue weighted by Crippen LogP contribution is -1.96. The maximum atomic E-state index is 13.9. The van der Waals surface area contributed by atoms with Gasteiger partial charge in [-0.1, -0.05) is 0 Å². The summed E-state index contributed by atoms with van der Waals surface area (Å²) in [4.78, 5) is 11.2. The highest BCUT2D eigenvalue weighted by molar-refractivity contribution is 9.11. The molecule has 0 atom stereocenters. The van der Waals surface area contributed by atoms with Gasteiger partial charge < -0.3 is 9.47 Å². The number of ketones is 1. The first-order valence-corrected chi connectivity index (χ1v) is 7.52. The van der Waals surface area contributed by atoms with Crippen molar-refractivity contribution in [1.29, 1.82) is 0 Å². The second kappa shape index (κ2) is 6.58. The van der Waals surface area contributed by atoms with Crippen molar-refractivity contribution >= 4 is 37.6 Å². The van der Waals surface area contributed by atoms with E-state index in [4.69, 9.17) is 9.47 Å². The third kappa shape index (κ3) is 3.63. The maximum Gasteiger partial charge on any atom is 0.166 e. The van der Waals surface area contributed by atoms with Crippen LogP contribution in [0.15, 0.2) is 39.3 Å². The summed E-state index contributed by atoms with van der Waals surface area (Å²) in [5.74, 6) is 0.298. The lowest BCUT2D eigenvalue weighted by Gasteiger charge is -2.11. The SMILES string of the molecule is COc1cc(Br)c(Oc2ccc(C(C)=O)cc2F)cc1Br. The van der Waals surface area contributed by atoms with Crippen LogP contribution in [0.2, 0.25) is 0 Å². The van der Waals surface area contributed by atoms with Crippen molar-refractivity contribution in [2.75, 3.05) is 7.11 Å². The summed E-state index contributed by atoms with van der Waals surface area (Å²) in [6.07, 6.45) is 0. The van der Waals surface area contributed by atoms with E-state index in [1.165, 1.54) is 19.1 Å². The number of rotatable bonds is 4. The number of carbonyl (C=O) groups is 1. The zero-order valence-corrected chi connectivity index (χ0v) is 14.4. The van der Waals surface area contributed by atoms with E-state index in [9.17, 15) is 9.18 Å². The Bertz CT molecular complexity index is 702. The molecule has 0 aliphatic carbocycles. The minimum atomic E-state index is -0.596. The zero-order chi connectivity index (χ0) is 15.6. The number of methoxy groups -OCH3 is 1. The molecule has 2 aromatic carbocycles. The van der Waals surface area contributed by atoms with Gasteiger partial charge in [0.15, 0.2) is 17.3 Å². The lowest BCUT2D eigenvalue weighted by molar-refractivity contribution is 0.101. The predicted molar refractivity (Wildman–Crippen MR) is 84.9 cm³/mol. The summed E-state index contributed by atoms with van der Waals surface area (Å²) < 4.78 is 25.9. The fourth-order valence-corrected chi connectivity index (χ4v) is 2.55. The van der Waals surface area contributed by atoms with Crippen LogP contribution in [0.4, 0.5) is 4.39 Å². The average Bonchev–Trinajstić information content (AvgIpc) is 2.44. The van der Waals surface area contributed by atoms with Gasteiger partial charge in [0, 0.05) is 5.56 Å². The molecule has 0 N–H and O–H groups in total. The molecule has 0 spiro atoms. The van der Waals surface area contributed by atoms with Gasteiger partial charge in [0.05, 0.1) is 16.1 Å². The standard InChI is InChI=1S/C15H11Br2FO3/c1-8(19)9-3-4-13(12(18)5-9)21-15-7-10(16)14(20-2)6-11(15)17/h3-7H,1-2H3. The van der Waals surface area contributed by atoms with Gasteiger partial charge in [-0.2, -0.15) is 0 Å². The topological polar surface area (TPSA) is 35.5 Å². The van der Waals surface area contributed by atoms with Crippen molar-refractivity contribution in [3.05, 3.63) is 50.7 Å². The van der Waals surface area contributed by atoms with Gasteiger partial charge in [-0.3, -0.25) is 4.79 Å². The van der Waals surface area contributed by atoms with Crippen LogP contribution in [0.5, 0.6) is 17.2 Å². The highest BCUT2D eigenvalue weighted by Crippen LogP contribution is 2.38. The highest BCUT2D eigenvalue weighted by Gasteiger charge is 2.13. The summed E-state index contributed by atoms with van der Waals surface area (Å²) in [6, 6.07) is 7.48. The molecule has 6 heteroatoms. The van der Waals surface area contributed by atoms with E-state index >= 15 is 0 Å². The Morgan fingerprint density at radius 1 is 1.05 bits per heavy atom.